The molecule has 5 amide bonds. The van der Waals surface area contributed by atoms with Gasteiger partial charge < -0.3 is 41.0 Å². The number of hydrogen-bond acceptors (Lipinski definition) is 12. The summed E-state index contributed by atoms with van der Waals surface area (Å²) in [4.78, 5) is 91.0. The molecule has 17 nitrogen and oxygen atoms in total. The smallest absolute Gasteiger partial charge is 0.339 e. The number of nitrogens with zero attached hydrogens (tertiary/aromatic N) is 2. The maximum atomic E-state index is 17.7. The van der Waals surface area contributed by atoms with E-state index in [2.05, 4.69) is 26.3 Å². The molecule has 12 atom stereocenters. The van der Waals surface area contributed by atoms with Gasteiger partial charge in [-0.1, -0.05) is 25.1 Å². The third-order valence-electron chi connectivity index (χ3n) is 15.0. The molecule has 2 aliphatic heterocycles. The van der Waals surface area contributed by atoms with Crippen LogP contribution in [0.5, 0.6) is 0 Å². The predicted octanol–water partition coefficient (Wildman–Crippen LogP) is 3.19. The van der Waals surface area contributed by atoms with Crippen molar-refractivity contribution in [3.8, 4) is 0 Å². The Balaban J connectivity index is 0.850. The number of carbonyl (C=O) groups is 6. The number of nitrogens with one attached hydrogen (secondary N) is 4. The van der Waals surface area contributed by atoms with Crippen molar-refractivity contribution in [2.45, 2.75) is 115 Å². The van der Waals surface area contributed by atoms with Crippen molar-refractivity contribution in [1.29, 1.82) is 0 Å². The highest BCUT2D eigenvalue weighted by molar-refractivity contribution is 6.13. The highest BCUT2D eigenvalue weighted by Gasteiger charge is 2.79. The van der Waals surface area contributed by atoms with E-state index in [1.54, 1.807) is 49.5 Å². The number of halogens is 1. The number of anilines is 2. The number of fused-ring (bicyclic) bond motifs is 7. The Morgan fingerprint density at radius 3 is 2.33 bits per heavy atom. The second-order valence-electron chi connectivity index (χ2n) is 18.8. The molecular formula is C48H56FN6O11+. The molecule has 2 aromatic rings. The summed E-state index contributed by atoms with van der Waals surface area (Å²) in [5.41, 5.74) is -3.36. The van der Waals surface area contributed by atoms with Crippen LogP contribution in [0.1, 0.15) is 90.2 Å². The summed E-state index contributed by atoms with van der Waals surface area (Å²) in [5.74, 6) is -3.73. The molecule has 1 saturated heterocycles. The predicted molar refractivity (Wildman–Crippen MR) is 236 cm³/mol. The van der Waals surface area contributed by atoms with Gasteiger partial charge in [-0.25, -0.2) is 9.37 Å². The summed E-state index contributed by atoms with van der Waals surface area (Å²) in [6.45, 7) is 7.54. The third-order valence-corrected chi connectivity index (χ3v) is 15.0. The lowest BCUT2D eigenvalue weighted by Crippen LogP contribution is -2.69. The summed E-state index contributed by atoms with van der Waals surface area (Å²) >= 11 is 0. The van der Waals surface area contributed by atoms with Crippen LogP contribution >= 0.6 is 0 Å². The number of imide groups is 1. The average molecular weight is 912 g/mol. The van der Waals surface area contributed by atoms with Crippen LogP contribution in [0.25, 0.3) is 0 Å². The molecule has 0 spiro atoms. The topological polar surface area (TPSA) is 247 Å². The fourth-order valence-corrected chi connectivity index (χ4v) is 11.4. The van der Waals surface area contributed by atoms with E-state index in [1.165, 1.54) is 19.9 Å². The van der Waals surface area contributed by atoms with E-state index >= 15 is 4.39 Å². The van der Waals surface area contributed by atoms with Crippen molar-refractivity contribution in [3.05, 3.63) is 89.7 Å². The van der Waals surface area contributed by atoms with E-state index in [-0.39, 0.29) is 37.6 Å². The van der Waals surface area contributed by atoms with Gasteiger partial charge in [-0.05, 0) is 94.7 Å². The van der Waals surface area contributed by atoms with Crippen molar-refractivity contribution in [1.82, 2.24) is 20.5 Å². The summed E-state index contributed by atoms with van der Waals surface area (Å²) in [6, 6.07) is 8.39. The summed E-state index contributed by atoms with van der Waals surface area (Å²) in [5, 5.41) is 33.3. The Hall–Kier alpha value is -5.95. The lowest BCUT2D eigenvalue weighted by molar-refractivity contribution is -0.231. The maximum absolute atomic E-state index is 17.7. The van der Waals surface area contributed by atoms with Crippen LogP contribution in [0.4, 0.5) is 15.9 Å². The number of aromatic nitrogens is 1. The molecule has 0 unspecified atom stereocenters. The first-order valence-electron chi connectivity index (χ1n) is 22.3. The fraction of sp³-hybridized carbons (Fsp3) is 0.500. The Bertz CT molecular complexity index is 2430. The molecule has 0 bridgehead atoms. The molecule has 0 radical (unpaired) electrons. The zero-order valence-corrected chi connectivity index (χ0v) is 37.4. The van der Waals surface area contributed by atoms with Crippen LogP contribution in [0.2, 0.25) is 0 Å². The number of carbonyl (C=O) groups excluding carboxylic acids is 7. The van der Waals surface area contributed by atoms with Gasteiger partial charge in [0.2, 0.25) is 17.7 Å². The number of ketones is 2. The van der Waals surface area contributed by atoms with E-state index in [1.807, 2.05) is 26.0 Å². The third kappa shape index (κ3) is 7.66. The van der Waals surface area contributed by atoms with Gasteiger partial charge in [-0.3, -0.25) is 38.5 Å². The zero-order chi connectivity index (χ0) is 47.5. The van der Waals surface area contributed by atoms with Crippen LogP contribution in [-0.2, 0) is 38.2 Å². The van der Waals surface area contributed by atoms with Gasteiger partial charge in [0, 0.05) is 77.5 Å². The summed E-state index contributed by atoms with van der Waals surface area (Å²) < 4.78 is 30.9. The number of amides is 5. The first-order chi connectivity index (χ1) is 31.2. The Morgan fingerprint density at radius 2 is 1.67 bits per heavy atom. The molecule has 66 heavy (non-hydrogen) atoms. The lowest BCUT2D eigenvalue weighted by Gasteiger charge is -2.62. The molecule has 4 fully saturated rings. The number of allylic oxidation sites excluding steroid dienone is 4. The molecule has 3 heterocycles. The van der Waals surface area contributed by atoms with Crippen molar-refractivity contribution in [3.63, 3.8) is 0 Å². The SMILES string of the molecule is C[C@H](NC(=O)CCN1C(=O)C=CC1=O)C(=O)N[C@@H](C)C(=O)Nc1ccc([C@@H](C)Nc2ccc([C@@H]3O[C@@H]4C[C@H]5[C@@H]6CCC7=CC(=[OH+])C=C[C@]7(C)[C@@]6(F)[C@@H](O)C[C@]5(C)[C@]4(C(=O)CO)O3)cn2)cc1. The maximum Gasteiger partial charge on any atom is 0.339 e. The zero-order valence-electron chi connectivity index (χ0n) is 37.4. The van der Waals surface area contributed by atoms with Crippen molar-refractivity contribution >= 4 is 52.6 Å². The first kappa shape index (κ1) is 46.6. The van der Waals surface area contributed by atoms with Crippen LogP contribution in [0, 0.1) is 22.7 Å². The van der Waals surface area contributed by atoms with Crippen LogP contribution in [0.15, 0.2) is 78.5 Å². The van der Waals surface area contributed by atoms with Gasteiger partial charge in [0.1, 0.15) is 24.5 Å². The molecule has 3 saturated carbocycles. The minimum absolute atomic E-state index is 0.0426. The number of hydrogen-bond donors (Lipinski definition) is 6. The van der Waals surface area contributed by atoms with Gasteiger partial charge in [0.25, 0.3) is 11.8 Å². The molecule has 18 heteroatoms. The average Bonchev–Trinajstić information content (AvgIpc) is 3.91. The number of aliphatic hydroxyl groups is 2. The molecular weight excluding hydrogens is 856 g/mol. The van der Waals surface area contributed by atoms with Gasteiger partial charge in [0.05, 0.1) is 12.2 Å². The second kappa shape index (κ2) is 17.4. The van der Waals surface area contributed by atoms with E-state index in [0.29, 0.717) is 29.9 Å². The lowest BCUT2D eigenvalue weighted by atomic mass is 9.44. The molecule has 7 N–H and O–H groups in total. The number of alkyl halides is 1. The number of pyridine rings is 1. The van der Waals surface area contributed by atoms with Gasteiger partial charge >= 0.3 is 5.78 Å². The highest BCUT2D eigenvalue weighted by Crippen LogP contribution is 2.72. The monoisotopic (exact) mass is 911 g/mol. The van der Waals surface area contributed by atoms with Crippen molar-refractivity contribution in [2.75, 3.05) is 23.8 Å². The minimum Gasteiger partial charge on any atom is -0.390 e. The van der Waals surface area contributed by atoms with Crippen LogP contribution in [-0.4, -0.2) is 115 Å². The van der Waals surface area contributed by atoms with Crippen molar-refractivity contribution < 1.29 is 57.6 Å². The summed E-state index contributed by atoms with van der Waals surface area (Å²) in [7, 11) is 0. The van der Waals surface area contributed by atoms with E-state index in [9.17, 15) is 43.8 Å². The van der Waals surface area contributed by atoms with Crippen LogP contribution in [0.3, 0.4) is 0 Å². The number of Topliss-reactive ketones (excluding diaryl/α,β-unsaturated/α-hetero) is 1. The number of rotatable bonds is 14. The standard InChI is InChI=1S/C48H55FN6O11/c1-25(28-6-10-31(11-7-28)54-43(64)27(3)53-42(63)26(2)52-39(60)17-19-55-40(61)14-15-41(55)62)51-38-13-8-29(23-50-38)44-65-37-21-34-33-12-9-30-20-32(57)16-18-45(30,4)47(33,49)35(58)22-46(34,5)48(37,66-44)36(59)24-56/h6-8,10-11,13-16,18,20,23,25-27,33-35,37,44,56,58H,9,12,17,19,21-22,24H2,1-5H3,(H,50,51)(H,52,60)(H,53,63)(H,54,64)/p+1/t25-,26+,27+,33+,34+,35+,37-,44-,45+,46+,47+,48-/m1/s1. The molecule has 1 aromatic heterocycles. The van der Waals surface area contributed by atoms with Crippen LogP contribution < -0.4 is 21.3 Å². The van der Waals surface area contributed by atoms with E-state index in [4.69, 9.17) is 9.47 Å². The minimum atomic E-state index is -2.07. The van der Waals surface area contributed by atoms with Crippen molar-refractivity contribution in [2.24, 2.45) is 22.7 Å². The molecule has 6 aliphatic rings. The Kier molecular flexibility index (Phi) is 12.3. The van der Waals surface area contributed by atoms with Gasteiger partial charge in [-0.15, -0.1) is 0 Å². The van der Waals surface area contributed by atoms with E-state index < -0.39 is 106 Å². The number of benzene rings is 1. The highest BCUT2D eigenvalue weighted by atomic mass is 19.1. The molecule has 4 aliphatic carbocycles. The quantitative estimate of drug-likeness (QED) is 0.118. The number of aliphatic hydroxyl groups excluding tert-OH is 2. The Labute approximate surface area is 380 Å². The summed E-state index contributed by atoms with van der Waals surface area (Å²) in [6.07, 6.45) is 6.13. The normalized spacial score (nSPS) is 33.2. The van der Waals surface area contributed by atoms with Gasteiger partial charge in [0.15, 0.2) is 23.3 Å². The second-order valence-corrected chi connectivity index (χ2v) is 18.8. The number of ether oxygens (including phenoxy) is 2. The first-order valence-corrected chi connectivity index (χ1v) is 22.3. The Morgan fingerprint density at radius 1 is 0.970 bits per heavy atom. The molecule has 1 aromatic carbocycles. The largest absolute Gasteiger partial charge is 0.390 e. The molecule has 350 valence electrons. The van der Waals surface area contributed by atoms with Gasteiger partial charge in [-0.2, -0.15) is 0 Å². The molecule has 8 rings (SSSR count). The van der Waals surface area contributed by atoms with E-state index in [0.717, 1.165) is 28.2 Å². The fourth-order valence-electron chi connectivity index (χ4n) is 11.4.